The number of nitrogens with two attached hydrogens (primary N) is 1. The number of anilines is 2. The molecule has 0 spiro atoms. The second kappa shape index (κ2) is 5.53. The van der Waals surface area contributed by atoms with Crippen LogP contribution in [0, 0.1) is 0 Å². The molecule has 98 valence electrons. The molecule has 1 aromatic heterocycles. The summed E-state index contributed by atoms with van der Waals surface area (Å²) in [6.07, 6.45) is 0. The Kier molecular flexibility index (Phi) is 3.82. The first-order valence-corrected chi connectivity index (χ1v) is 5.82. The standard InChI is InChI=1S/C12H12ClN5O/c1-7(8-2-4-9(19)5-3-8)17-18-12-15-10(13)6-11(14)16-12/h2-6,19H,1H3,(H3,14,15,16,18)/b17-7+. The number of phenols is 1. The van der Waals surface area contributed by atoms with Crippen molar-refractivity contribution < 1.29 is 5.11 Å². The van der Waals surface area contributed by atoms with Crippen molar-refractivity contribution in [1.82, 2.24) is 9.97 Å². The lowest BCUT2D eigenvalue weighted by molar-refractivity contribution is 0.475. The normalized spacial score (nSPS) is 11.4. The Morgan fingerprint density at radius 2 is 2.00 bits per heavy atom. The second-order valence-electron chi connectivity index (χ2n) is 3.80. The Hall–Kier alpha value is -2.34. The van der Waals surface area contributed by atoms with Crippen molar-refractivity contribution in [3.8, 4) is 5.75 Å². The summed E-state index contributed by atoms with van der Waals surface area (Å²) in [5, 5.41) is 13.6. The summed E-state index contributed by atoms with van der Waals surface area (Å²) in [4.78, 5) is 7.87. The highest BCUT2D eigenvalue weighted by molar-refractivity contribution is 6.29. The average Bonchev–Trinajstić information content (AvgIpc) is 2.36. The summed E-state index contributed by atoms with van der Waals surface area (Å²) in [7, 11) is 0. The summed E-state index contributed by atoms with van der Waals surface area (Å²) in [5.74, 6) is 0.693. The summed E-state index contributed by atoms with van der Waals surface area (Å²) in [5.41, 5.74) is 9.79. The molecule has 0 unspecified atom stereocenters. The van der Waals surface area contributed by atoms with Gasteiger partial charge in [-0.15, -0.1) is 0 Å². The van der Waals surface area contributed by atoms with Crippen LogP contribution >= 0.6 is 11.6 Å². The molecule has 2 rings (SSSR count). The molecule has 0 saturated carbocycles. The number of benzene rings is 1. The maximum absolute atomic E-state index is 9.20. The highest BCUT2D eigenvalue weighted by atomic mass is 35.5. The Morgan fingerprint density at radius 3 is 2.63 bits per heavy atom. The van der Waals surface area contributed by atoms with Crippen LogP contribution in [0.3, 0.4) is 0 Å². The van der Waals surface area contributed by atoms with Crippen molar-refractivity contribution in [3.05, 3.63) is 41.0 Å². The highest BCUT2D eigenvalue weighted by Crippen LogP contribution is 2.13. The van der Waals surface area contributed by atoms with E-state index in [-0.39, 0.29) is 22.7 Å². The van der Waals surface area contributed by atoms with Crippen LogP contribution in [-0.2, 0) is 0 Å². The number of hydrazone groups is 1. The number of rotatable bonds is 3. The van der Waals surface area contributed by atoms with Crippen LogP contribution in [0.2, 0.25) is 5.15 Å². The van der Waals surface area contributed by atoms with Gasteiger partial charge in [0, 0.05) is 6.07 Å². The van der Waals surface area contributed by atoms with Gasteiger partial charge in [0.15, 0.2) is 0 Å². The molecule has 0 amide bonds. The van der Waals surface area contributed by atoms with Crippen LogP contribution in [0.1, 0.15) is 12.5 Å². The summed E-state index contributed by atoms with van der Waals surface area (Å²) in [6, 6.07) is 8.12. The van der Waals surface area contributed by atoms with Gasteiger partial charge in [-0.1, -0.05) is 11.6 Å². The van der Waals surface area contributed by atoms with Gasteiger partial charge in [-0.25, -0.2) is 5.43 Å². The Labute approximate surface area is 115 Å². The second-order valence-corrected chi connectivity index (χ2v) is 4.18. The number of nitrogens with one attached hydrogen (secondary N) is 1. The fourth-order valence-corrected chi connectivity index (χ4v) is 1.58. The van der Waals surface area contributed by atoms with E-state index in [9.17, 15) is 5.11 Å². The fraction of sp³-hybridized carbons (Fsp3) is 0.0833. The van der Waals surface area contributed by atoms with Crippen molar-refractivity contribution in [3.63, 3.8) is 0 Å². The van der Waals surface area contributed by atoms with Crippen LogP contribution in [0.4, 0.5) is 11.8 Å². The lowest BCUT2D eigenvalue weighted by Gasteiger charge is -2.03. The zero-order valence-electron chi connectivity index (χ0n) is 10.1. The maximum atomic E-state index is 9.20. The lowest BCUT2D eigenvalue weighted by atomic mass is 10.1. The molecule has 0 aliphatic carbocycles. The monoisotopic (exact) mass is 277 g/mol. The highest BCUT2D eigenvalue weighted by Gasteiger charge is 2.01. The molecule has 1 aromatic carbocycles. The molecular weight excluding hydrogens is 266 g/mol. The minimum atomic E-state index is 0.204. The fourth-order valence-electron chi connectivity index (χ4n) is 1.39. The van der Waals surface area contributed by atoms with E-state index < -0.39 is 0 Å². The van der Waals surface area contributed by atoms with E-state index in [0.717, 1.165) is 5.56 Å². The van der Waals surface area contributed by atoms with Crippen molar-refractivity contribution in [2.75, 3.05) is 11.2 Å². The predicted molar refractivity (Wildman–Crippen MR) is 75.4 cm³/mol. The van der Waals surface area contributed by atoms with Gasteiger partial charge in [0.2, 0.25) is 5.95 Å². The summed E-state index contributed by atoms with van der Waals surface area (Å²) >= 11 is 5.75. The topological polar surface area (TPSA) is 96.4 Å². The van der Waals surface area contributed by atoms with E-state index in [1.54, 1.807) is 24.3 Å². The number of hydrogen-bond donors (Lipinski definition) is 3. The summed E-state index contributed by atoms with van der Waals surface area (Å²) < 4.78 is 0. The van der Waals surface area contributed by atoms with Crippen molar-refractivity contribution in [2.45, 2.75) is 6.92 Å². The average molecular weight is 278 g/mol. The van der Waals surface area contributed by atoms with Gasteiger partial charge in [0.1, 0.15) is 16.7 Å². The molecule has 19 heavy (non-hydrogen) atoms. The summed E-state index contributed by atoms with van der Waals surface area (Å²) in [6.45, 7) is 1.81. The molecule has 1 heterocycles. The number of aromatic hydroxyl groups is 1. The predicted octanol–water partition coefficient (Wildman–Crippen LogP) is 2.25. The van der Waals surface area contributed by atoms with Gasteiger partial charge in [-0.3, -0.25) is 0 Å². The van der Waals surface area contributed by atoms with E-state index in [1.807, 2.05) is 6.92 Å². The number of hydrogen-bond acceptors (Lipinski definition) is 6. The first-order valence-electron chi connectivity index (χ1n) is 5.44. The largest absolute Gasteiger partial charge is 0.508 e. The Balaban J connectivity index is 2.15. The third kappa shape index (κ3) is 3.56. The first-order chi connectivity index (χ1) is 9.04. The minimum absolute atomic E-state index is 0.204. The van der Waals surface area contributed by atoms with Gasteiger partial charge in [-0.2, -0.15) is 15.1 Å². The number of nitrogen functional groups attached to an aromatic ring is 1. The lowest BCUT2D eigenvalue weighted by Crippen LogP contribution is -2.03. The van der Waals surface area contributed by atoms with Crippen LogP contribution < -0.4 is 11.2 Å². The van der Waals surface area contributed by atoms with Crippen molar-refractivity contribution in [2.24, 2.45) is 5.10 Å². The van der Waals surface area contributed by atoms with E-state index in [0.29, 0.717) is 5.71 Å². The zero-order chi connectivity index (χ0) is 13.8. The Morgan fingerprint density at radius 1 is 1.32 bits per heavy atom. The van der Waals surface area contributed by atoms with Crippen molar-refractivity contribution in [1.29, 1.82) is 0 Å². The molecule has 0 bridgehead atoms. The number of nitrogens with zero attached hydrogens (tertiary/aromatic N) is 3. The minimum Gasteiger partial charge on any atom is -0.508 e. The van der Waals surface area contributed by atoms with E-state index >= 15 is 0 Å². The molecule has 0 radical (unpaired) electrons. The quantitative estimate of drug-likeness (QED) is 0.454. The maximum Gasteiger partial charge on any atom is 0.246 e. The van der Waals surface area contributed by atoms with Gasteiger partial charge in [0.25, 0.3) is 0 Å². The third-order valence-corrected chi connectivity index (χ3v) is 2.52. The zero-order valence-corrected chi connectivity index (χ0v) is 10.9. The molecule has 0 aliphatic rings. The van der Waals surface area contributed by atoms with Gasteiger partial charge < -0.3 is 10.8 Å². The van der Waals surface area contributed by atoms with E-state index in [4.69, 9.17) is 17.3 Å². The van der Waals surface area contributed by atoms with Gasteiger partial charge >= 0.3 is 0 Å². The molecule has 6 nitrogen and oxygen atoms in total. The molecule has 0 atom stereocenters. The molecule has 7 heteroatoms. The molecule has 2 aromatic rings. The molecule has 4 N–H and O–H groups in total. The Bertz CT molecular complexity index is 592. The first kappa shape index (κ1) is 13.1. The van der Waals surface area contributed by atoms with Crippen LogP contribution in [0.5, 0.6) is 5.75 Å². The van der Waals surface area contributed by atoms with Gasteiger partial charge in [0.05, 0.1) is 5.71 Å². The van der Waals surface area contributed by atoms with E-state index in [2.05, 4.69) is 20.5 Å². The molecular formula is C12H12ClN5O. The number of aromatic nitrogens is 2. The smallest absolute Gasteiger partial charge is 0.246 e. The van der Waals surface area contributed by atoms with Gasteiger partial charge in [-0.05, 0) is 36.8 Å². The van der Waals surface area contributed by atoms with E-state index in [1.165, 1.54) is 6.07 Å². The number of halogens is 1. The molecule has 0 fully saturated rings. The van der Waals surface area contributed by atoms with Crippen LogP contribution in [0.15, 0.2) is 35.4 Å². The van der Waals surface area contributed by atoms with Crippen LogP contribution in [-0.4, -0.2) is 20.8 Å². The number of phenolic OH excluding ortho intramolecular Hbond substituents is 1. The SMILES string of the molecule is C/C(=N\Nc1nc(N)cc(Cl)n1)c1ccc(O)cc1. The molecule has 0 saturated heterocycles. The molecule has 0 aliphatic heterocycles. The van der Waals surface area contributed by atoms with Crippen LogP contribution in [0.25, 0.3) is 0 Å². The third-order valence-electron chi connectivity index (χ3n) is 2.32. The van der Waals surface area contributed by atoms with Crippen molar-refractivity contribution >= 4 is 29.1 Å².